The molecule has 0 unspecified atom stereocenters. The number of likely N-dealkylation sites (tertiary alicyclic amines) is 1. The first-order valence-corrected chi connectivity index (χ1v) is 7.23. The van der Waals surface area contributed by atoms with Crippen LogP contribution < -0.4 is 11.2 Å². The second-order valence-electron chi connectivity index (χ2n) is 5.38. The van der Waals surface area contributed by atoms with Crippen LogP contribution in [-0.2, 0) is 14.1 Å². The zero-order chi connectivity index (χ0) is 15.4. The summed E-state index contributed by atoms with van der Waals surface area (Å²) in [5.74, 6) is -0.343. The molecule has 1 N–H and O–H groups in total. The molecule has 1 aromatic rings. The van der Waals surface area contributed by atoms with Crippen LogP contribution in [0.1, 0.15) is 24.8 Å². The molecule has 1 fully saturated rings. The number of hydrogen-bond acceptors (Lipinski definition) is 5. The van der Waals surface area contributed by atoms with Gasteiger partial charge in [0.25, 0.3) is 5.56 Å². The van der Waals surface area contributed by atoms with Crippen LogP contribution in [0.3, 0.4) is 0 Å². The molecule has 1 aromatic heterocycles. The fourth-order valence-electron chi connectivity index (χ4n) is 2.51. The first-order valence-electron chi connectivity index (χ1n) is 7.23. The second kappa shape index (κ2) is 6.71. The molecule has 0 amide bonds. The van der Waals surface area contributed by atoms with Gasteiger partial charge in [0.15, 0.2) is 0 Å². The van der Waals surface area contributed by atoms with E-state index >= 15 is 0 Å². The fourth-order valence-corrected chi connectivity index (χ4v) is 2.51. The Kier molecular flexibility index (Phi) is 4.95. The Hall–Kier alpha value is -1.89. The Bertz CT molecular complexity index is 639. The zero-order valence-corrected chi connectivity index (χ0v) is 12.6. The summed E-state index contributed by atoms with van der Waals surface area (Å²) >= 11 is 0. The van der Waals surface area contributed by atoms with E-state index in [9.17, 15) is 14.7 Å². The lowest BCUT2D eigenvalue weighted by molar-refractivity contribution is 0.235. The van der Waals surface area contributed by atoms with Gasteiger partial charge in [0.1, 0.15) is 5.56 Å². The van der Waals surface area contributed by atoms with Crippen LogP contribution >= 0.6 is 0 Å². The molecular weight excluding hydrogens is 272 g/mol. The van der Waals surface area contributed by atoms with Crippen molar-refractivity contribution in [2.75, 3.05) is 26.2 Å². The lowest BCUT2D eigenvalue weighted by Gasteiger charge is -2.25. The molecule has 0 bridgehead atoms. The largest absolute Gasteiger partial charge is 0.494 e. The molecule has 0 saturated carbocycles. The molecule has 7 nitrogen and oxygen atoms in total. The molecular formula is C14H22N4O3. The molecule has 0 aromatic carbocycles. The number of nitrogens with zero attached hydrogens (tertiary/aromatic N) is 4. The monoisotopic (exact) mass is 294 g/mol. The van der Waals surface area contributed by atoms with Crippen molar-refractivity contribution in [2.24, 2.45) is 19.1 Å². The van der Waals surface area contributed by atoms with Crippen molar-refractivity contribution in [1.82, 2.24) is 14.0 Å². The van der Waals surface area contributed by atoms with Gasteiger partial charge < -0.3 is 10.0 Å². The van der Waals surface area contributed by atoms with Crippen LogP contribution in [0.15, 0.2) is 14.6 Å². The lowest BCUT2D eigenvalue weighted by Crippen LogP contribution is -2.38. The topological polar surface area (TPSA) is 79.8 Å². The van der Waals surface area contributed by atoms with E-state index in [1.807, 2.05) is 0 Å². The van der Waals surface area contributed by atoms with Crippen LogP contribution in [-0.4, -0.2) is 51.5 Å². The van der Waals surface area contributed by atoms with Gasteiger partial charge in [0, 0.05) is 26.9 Å². The molecule has 1 saturated heterocycles. The highest BCUT2D eigenvalue weighted by Crippen LogP contribution is 2.08. The van der Waals surface area contributed by atoms with Crippen molar-refractivity contribution in [1.29, 1.82) is 0 Å². The number of piperidine rings is 1. The highest BCUT2D eigenvalue weighted by molar-refractivity contribution is 5.81. The van der Waals surface area contributed by atoms with Gasteiger partial charge in [0.05, 0.1) is 6.54 Å². The number of aromatic nitrogens is 2. The van der Waals surface area contributed by atoms with E-state index in [1.54, 1.807) is 0 Å². The Balaban J connectivity index is 2.07. The summed E-state index contributed by atoms with van der Waals surface area (Å²) in [6, 6.07) is 0. The molecule has 0 atom stereocenters. The van der Waals surface area contributed by atoms with Crippen LogP contribution in [0.4, 0.5) is 0 Å². The maximum absolute atomic E-state index is 11.9. The maximum atomic E-state index is 11.9. The van der Waals surface area contributed by atoms with Gasteiger partial charge in [-0.05, 0) is 25.9 Å². The highest BCUT2D eigenvalue weighted by atomic mass is 16.3. The van der Waals surface area contributed by atoms with Crippen LogP contribution in [0.25, 0.3) is 0 Å². The minimum absolute atomic E-state index is 0.0539. The van der Waals surface area contributed by atoms with Gasteiger partial charge in [-0.1, -0.05) is 6.42 Å². The maximum Gasteiger partial charge on any atom is 0.333 e. The first-order chi connectivity index (χ1) is 10.0. The van der Waals surface area contributed by atoms with Crippen molar-refractivity contribution in [3.05, 3.63) is 26.4 Å². The summed E-state index contributed by atoms with van der Waals surface area (Å²) in [5, 5.41) is 9.88. The van der Waals surface area contributed by atoms with Gasteiger partial charge in [-0.2, -0.15) is 0 Å². The van der Waals surface area contributed by atoms with Crippen molar-refractivity contribution < 1.29 is 5.11 Å². The van der Waals surface area contributed by atoms with E-state index in [2.05, 4.69) is 9.89 Å². The van der Waals surface area contributed by atoms with E-state index in [1.165, 1.54) is 39.6 Å². The summed E-state index contributed by atoms with van der Waals surface area (Å²) in [4.78, 5) is 30.1. The van der Waals surface area contributed by atoms with E-state index in [0.29, 0.717) is 6.54 Å². The molecule has 7 heteroatoms. The van der Waals surface area contributed by atoms with E-state index < -0.39 is 11.2 Å². The molecule has 1 aliphatic rings. The van der Waals surface area contributed by atoms with E-state index in [4.69, 9.17) is 0 Å². The van der Waals surface area contributed by atoms with Crippen molar-refractivity contribution >= 4 is 6.21 Å². The number of aromatic hydroxyl groups is 1. The lowest BCUT2D eigenvalue weighted by atomic mass is 10.1. The Labute approximate surface area is 123 Å². The van der Waals surface area contributed by atoms with E-state index in [0.717, 1.165) is 28.8 Å². The smallest absolute Gasteiger partial charge is 0.333 e. The van der Waals surface area contributed by atoms with Crippen molar-refractivity contribution in [3.63, 3.8) is 0 Å². The summed E-state index contributed by atoms with van der Waals surface area (Å²) in [5.41, 5.74) is -1.03. The zero-order valence-electron chi connectivity index (χ0n) is 12.6. The molecule has 2 heterocycles. The first kappa shape index (κ1) is 15.5. The number of aliphatic imine (C=N–C) groups is 1. The van der Waals surface area contributed by atoms with E-state index in [-0.39, 0.29) is 11.4 Å². The molecule has 1 aliphatic heterocycles. The van der Waals surface area contributed by atoms with Crippen molar-refractivity contribution in [2.45, 2.75) is 19.3 Å². The molecule has 0 aliphatic carbocycles. The predicted molar refractivity (Wildman–Crippen MR) is 81.3 cm³/mol. The van der Waals surface area contributed by atoms with Crippen molar-refractivity contribution in [3.8, 4) is 5.88 Å². The average molecular weight is 294 g/mol. The van der Waals surface area contributed by atoms with Gasteiger partial charge in [-0.15, -0.1) is 0 Å². The third-order valence-electron chi connectivity index (χ3n) is 3.88. The van der Waals surface area contributed by atoms with Crippen LogP contribution in [0.5, 0.6) is 5.88 Å². The minimum atomic E-state index is -0.553. The van der Waals surface area contributed by atoms with Gasteiger partial charge in [-0.25, -0.2) is 4.79 Å². The summed E-state index contributed by atoms with van der Waals surface area (Å²) < 4.78 is 2.00. The molecule has 21 heavy (non-hydrogen) atoms. The minimum Gasteiger partial charge on any atom is -0.494 e. The van der Waals surface area contributed by atoms with Gasteiger partial charge >= 0.3 is 5.69 Å². The average Bonchev–Trinajstić information content (AvgIpc) is 2.51. The Morgan fingerprint density at radius 2 is 1.81 bits per heavy atom. The molecule has 0 radical (unpaired) electrons. The summed E-state index contributed by atoms with van der Waals surface area (Å²) in [7, 11) is 2.80. The van der Waals surface area contributed by atoms with Gasteiger partial charge in [0.2, 0.25) is 5.88 Å². The summed E-state index contributed by atoms with van der Waals surface area (Å²) in [6.07, 6.45) is 5.11. The third kappa shape index (κ3) is 3.41. The second-order valence-corrected chi connectivity index (χ2v) is 5.38. The van der Waals surface area contributed by atoms with Gasteiger partial charge in [-0.3, -0.25) is 18.9 Å². The van der Waals surface area contributed by atoms with Crippen LogP contribution in [0, 0.1) is 0 Å². The number of hydrogen-bond donors (Lipinski definition) is 1. The fraction of sp³-hybridized carbons (Fsp3) is 0.643. The Morgan fingerprint density at radius 3 is 2.48 bits per heavy atom. The number of rotatable bonds is 4. The normalized spacial score (nSPS) is 16.7. The SMILES string of the molecule is Cn1c(O)c(C=NCCN2CCCCC2)c(=O)n(C)c1=O. The molecule has 2 rings (SSSR count). The quantitative estimate of drug-likeness (QED) is 0.773. The molecule has 0 spiro atoms. The van der Waals surface area contributed by atoms with Crippen LogP contribution in [0.2, 0.25) is 0 Å². The Morgan fingerprint density at radius 1 is 1.14 bits per heavy atom. The summed E-state index contributed by atoms with van der Waals surface area (Å²) in [6.45, 7) is 3.62. The third-order valence-corrected chi connectivity index (χ3v) is 3.88. The highest BCUT2D eigenvalue weighted by Gasteiger charge is 2.13. The molecule has 116 valence electrons. The predicted octanol–water partition coefficient (Wildman–Crippen LogP) is -0.306. The standard InChI is InChI=1S/C14H22N4O3/c1-16-12(19)11(13(20)17(2)14(16)21)10-15-6-9-18-7-4-3-5-8-18/h10,19H,3-9H2,1-2H3.